The maximum absolute atomic E-state index is 12.7. The van der Waals surface area contributed by atoms with Gasteiger partial charge in [0.25, 0.3) is 0 Å². The molecule has 0 bridgehead atoms. The average molecular weight is 530 g/mol. The van der Waals surface area contributed by atoms with E-state index in [1.807, 2.05) is 48.5 Å². The molecule has 0 saturated carbocycles. The summed E-state index contributed by atoms with van der Waals surface area (Å²) >= 11 is 3.38. The SMILES string of the molecule is Cc1nc(N2CCC3(CC2)CO[C@@H](C)C3=N[S@](=O)C(C)(C)C)c(C(=O)OC(C)C)nc1Br. The maximum Gasteiger partial charge on any atom is 0.361 e. The topological polar surface area (TPSA) is 94.0 Å². The molecule has 2 atom stereocenters. The molecule has 0 aromatic carbocycles. The summed E-state index contributed by atoms with van der Waals surface area (Å²) in [6, 6.07) is 0. The maximum atomic E-state index is 12.7. The first-order valence-electron chi connectivity index (χ1n) is 11.0. The molecule has 2 aliphatic heterocycles. The van der Waals surface area contributed by atoms with E-state index in [0.29, 0.717) is 35.8 Å². The zero-order valence-electron chi connectivity index (χ0n) is 19.9. The van der Waals surface area contributed by atoms with Gasteiger partial charge in [-0.25, -0.2) is 19.0 Å². The number of hydrogen-bond acceptors (Lipinski definition) is 7. The standard InChI is InChI=1S/C22H33BrN4O4S/c1-13(2)31-20(28)16-19(24-14(3)18(23)25-16)27-10-8-22(9-11-27)12-30-15(4)17(22)26-32(29)21(5,6)7/h13,15H,8-12H2,1-7H3/t15-,32+/m0/s1. The number of carbonyl (C=O) groups excluding carboxylic acids is 1. The summed E-state index contributed by atoms with van der Waals surface area (Å²) in [6.45, 7) is 15.1. The zero-order chi connectivity index (χ0) is 23.8. The number of ether oxygens (including phenoxy) is 2. The van der Waals surface area contributed by atoms with Crippen molar-refractivity contribution in [3.8, 4) is 0 Å². The summed E-state index contributed by atoms with van der Waals surface area (Å²) in [5.74, 6) is 0.0547. The highest BCUT2D eigenvalue weighted by Crippen LogP contribution is 2.42. The molecule has 0 unspecified atom stereocenters. The summed E-state index contributed by atoms with van der Waals surface area (Å²) in [4.78, 5) is 23.9. The molecule has 0 aliphatic carbocycles. The molecule has 3 heterocycles. The van der Waals surface area contributed by atoms with E-state index < -0.39 is 21.7 Å². The van der Waals surface area contributed by atoms with Crippen LogP contribution in [0.15, 0.2) is 9.00 Å². The number of aryl methyl sites for hydroxylation is 1. The molecule has 0 N–H and O–H groups in total. The average Bonchev–Trinajstić information content (AvgIpc) is 2.99. The minimum Gasteiger partial charge on any atom is -0.458 e. The summed E-state index contributed by atoms with van der Waals surface area (Å²) in [7, 11) is -1.34. The Bertz CT molecular complexity index is 937. The van der Waals surface area contributed by atoms with Crippen LogP contribution in [0.4, 0.5) is 5.82 Å². The van der Waals surface area contributed by atoms with Crippen molar-refractivity contribution in [3.05, 3.63) is 16.0 Å². The second-order valence-corrected chi connectivity index (χ2v) is 12.4. The van der Waals surface area contributed by atoms with Crippen molar-refractivity contribution in [1.82, 2.24) is 9.97 Å². The molecule has 2 fully saturated rings. The lowest BCUT2D eigenvalue weighted by atomic mass is 9.75. The Kier molecular flexibility index (Phi) is 7.46. The Balaban J connectivity index is 1.87. The molecule has 3 rings (SSSR count). The summed E-state index contributed by atoms with van der Waals surface area (Å²) < 4.78 is 28.9. The molecule has 178 valence electrons. The molecule has 10 heteroatoms. The quantitative estimate of drug-likeness (QED) is 0.544. The Morgan fingerprint density at radius 3 is 2.50 bits per heavy atom. The molecule has 2 saturated heterocycles. The van der Waals surface area contributed by atoms with Crippen LogP contribution in [-0.4, -0.2) is 62.5 Å². The van der Waals surface area contributed by atoms with Gasteiger partial charge in [-0.3, -0.25) is 0 Å². The van der Waals surface area contributed by atoms with Gasteiger partial charge >= 0.3 is 5.97 Å². The molecule has 32 heavy (non-hydrogen) atoms. The second kappa shape index (κ2) is 9.46. The van der Waals surface area contributed by atoms with Gasteiger partial charge in [0.1, 0.15) is 15.6 Å². The summed E-state index contributed by atoms with van der Waals surface area (Å²) in [5.41, 5.74) is 1.57. The molecule has 0 radical (unpaired) electrons. The van der Waals surface area contributed by atoms with Crippen molar-refractivity contribution in [3.63, 3.8) is 0 Å². The van der Waals surface area contributed by atoms with Gasteiger partial charge in [-0.1, -0.05) is 0 Å². The van der Waals surface area contributed by atoms with Crippen LogP contribution in [0.1, 0.15) is 70.6 Å². The number of nitrogens with zero attached hydrogens (tertiary/aromatic N) is 4. The van der Waals surface area contributed by atoms with Crippen molar-refractivity contribution in [2.45, 2.75) is 78.3 Å². The van der Waals surface area contributed by atoms with E-state index in [4.69, 9.17) is 9.47 Å². The van der Waals surface area contributed by atoms with Gasteiger partial charge in [0, 0.05) is 18.5 Å². The van der Waals surface area contributed by atoms with Crippen LogP contribution in [0.2, 0.25) is 0 Å². The van der Waals surface area contributed by atoms with Gasteiger partial charge in [0.15, 0.2) is 11.5 Å². The fourth-order valence-electron chi connectivity index (χ4n) is 3.93. The molecular weight excluding hydrogens is 496 g/mol. The van der Waals surface area contributed by atoms with Crippen LogP contribution in [-0.2, 0) is 20.5 Å². The fourth-order valence-corrected chi connectivity index (χ4v) is 4.99. The first-order chi connectivity index (χ1) is 14.8. The van der Waals surface area contributed by atoms with E-state index in [2.05, 4.69) is 35.2 Å². The molecular formula is C22H33BrN4O4S. The molecule has 2 aliphatic rings. The van der Waals surface area contributed by atoms with Gasteiger partial charge in [-0.05, 0) is 77.2 Å². The largest absolute Gasteiger partial charge is 0.458 e. The number of rotatable bonds is 4. The van der Waals surface area contributed by atoms with Crippen molar-refractivity contribution >= 4 is 44.4 Å². The van der Waals surface area contributed by atoms with Crippen molar-refractivity contribution < 1.29 is 18.5 Å². The molecule has 0 amide bonds. The Morgan fingerprint density at radius 2 is 1.94 bits per heavy atom. The summed E-state index contributed by atoms with van der Waals surface area (Å²) in [6.07, 6.45) is 1.14. The van der Waals surface area contributed by atoms with Crippen molar-refractivity contribution in [2.75, 3.05) is 24.6 Å². The number of anilines is 1. The van der Waals surface area contributed by atoms with Crippen LogP contribution >= 0.6 is 15.9 Å². The van der Waals surface area contributed by atoms with Gasteiger partial charge in [-0.2, -0.15) is 4.40 Å². The van der Waals surface area contributed by atoms with Crippen LogP contribution in [0.5, 0.6) is 0 Å². The van der Waals surface area contributed by atoms with Crippen LogP contribution in [0.25, 0.3) is 0 Å². The first-order valence-corrected chi connectivity index (χ1v) is 12.9. The second-order valence-electron chi connectivity index (χ2n) is 9.78. The Morgan fingerprint density at radius 1 is 1.31 bits per heavy atom. The van der Waals surface area contributed by atoms with E-state index in [1.54, 1.807) is 0 Å². The predicted octanol–water partition coefficient (Wildman–Crippen LogP) is 4.02. The van der Waals surface area contributed by atoms with Crippen LogP contribution < -0.4 is 4.90 Å². The zero-order valence-corrected chi connectivity index (χ0v) is 22.3. The normalized spacial score (nSPS) is 23.2. The van der Waals surface area contributed by atoms with Gasteiger partial charge in [-0.15, -0.1) is 0 Å². The lowest BCUT2D eigenvalue weighted by molar-refractivity contribution is 0.0370. The van der Waals surface area contributed by atoms with Crippen LogP contribution in [0, 0.1) is 12.3 Å². The predicted molar refractivity (Wildman–Crippen MR) is 130 cm³/mol. The number of halogens is 1. The number of hydrogen-bond donors (Lipinski definition) is 0. The minimum absolute atomic E-state index is 0.154. The number of piperidine rings is 1. The van der Waals surface area contributed by atoms with Crippen LogP contribution in [0.3, 0.4) is 0 Å². The first kappa shape index (κ1) is 25.2. The number of esters is 1. The third-order valence-corrected chi connectivity index (χ3v) is 7.95. The molecule has 1 spiro atoms. The van der Waals surface area contributed by atoms with E-state index >= 15 is 0 Å². The van der Waals surface area contributed by atoms with E-state index in [0.717, 1.165) is 18.6 Å². The van der Waals surface area contributed by atoms with E-state index in [9.17, 15) is 9.00 Å². The molecule has 1 aromatic rings. The lowest BCUT2D eigenvalue weighted by Crippen LogP contribution is -2.46. The molecule has 8 nitrogen and oxygen atoms in total. The Hall–Kier alpha value is -1.39. The Labute approximate surface area is 201 Å². The van der Waals surface area contributed by atoms with E-state index in [1.165, 1.54) is 0 Å². The highest BCUT2D eigenvalue weighted by Gasteiger charge is 2.48. The van der Waals surface area contributed by atoms with Gasteiger partial charge < -0.3 is 14.4 Å². The highest BCUT2D eigenvalue weighted by molar-refractivity contribution is 9.10. The highest BCUT2D eigenvalue weighted by atomic mass is 79.9. The number of aromatic nitrogens is 2. The smallest absolute Gasteiger partial charge is 0.361 e. The van der Waals surface area contributed by atoms with Gasteiger partial charge in [0.05, 0.1) is 35.0 Å². The fraction of sp³-hybridized carbons (Fsp3) is 0.727. The summed E-state index contributed by atoms with van der Waals surface area (Å²) in [5, 5.41) is 0. The van der Waals surface area contributed by atoms with Crippen molar-refractivity contribution in [1.29, 1.82) is 0 Å². The lowest BCUT2D eigenvalue weighted by Gasteiger charge is -2.39. The molecule has 1 aromatic heterocycles. The number of carbonyl (C=O) groups is 1. The van der Waals surface area contributed by atoms with Crippen molar-refractivity contribution in [2.24, 2.45) is 9.81 Å². The minimum atomic E-state index is -1.34. The van der Waals surface area contributed by atoms with E-state index in [-0.39, 0.29) is 23.3 Å². The third kappa shape index (κ3) is 5.22. The third-order valence-electron chi connectivity index (χ3n) is 5.79. The van der Waals surface area contributed by atoms with Gasteiger partial charge in [0.2, 0.25) is 0 Å². The monoisotopic (exact) mass is 528 g/mol.